The summed E-state index contributed by atoms with van der Waals surface area (Å²) in [5.41, 5.74) is 0.957. The van der Waals surface area contributed by atoms with Crippen molar-refractivity contribution in [3.63, 3.8) is 0 Å². The fourth-order valence-corrected chi connectivity index (χ4v) is 4.19. The van der Waals surface area contributed by atoms with Crippen LogP contribution in [0.2, 0.25) is 5.02 Å². The molecule has 2 aromatic carbocycles. The highest BCUT2D eigenvalue weighted by Crippen LogP contribution is 2.17. The molecule has 1 atom stereocenters. The Morgan fingerprint density at radius 1 is 1.18 bits per heavy atom. The average Bonchev–Trinajstić information content (AvgIpc) is 3.37. The van der Waals surface area contributed by atoms with Gasteiger partial charge in [-0.1, -0.05) is 17.7 Å². The number of guanidine groups is 1. The van der Waals surface area contributed by atoms with Gasteiger partial charge in [0.1, 0.15) is 12.4 Å². The van der Waals surface area contributed by atoms with E-state index in [0.29, 0.717) is 23.9 Å². The summed E-state index contributed by atoms with van der Waals surface area (Å²) < 4.78 is 11.6. The van der Waals surface area contributed by atoms with Gasteiger partial charge >= 0.3 is 5.97 Å². The van der Waals surface area contributed by atoms with Crippen LogP contribution < -0.4 is 10.1 Å². The number of hydrogen-bond donors (Lipinski definition) is 2. The van der Waals surface area contributed by atoms with E-state index in [9.17, 15) is 9.90 Å². The van der Waals surface area contributed by atoms with Crippen LogP contribution in [0.4, 0.5) is 5.69 Å². The van der Waals surface area contributed by atoms with E-state index in [2.05, 4.69) is 15.1 Å². The van der Waals surface area contributed by atoms with Crippen molar-refractivity contribution in [3.05, 3.63) is 59.1 Å². The van der Waals surface area contributed by atoms with Crippen LogP contribution in [0.3, 0.4) is 0 Å². The molecule has 8 nitrogen and oxygen atoms in total. The van der Waals surface area contributed by atoms with Crippen LogP contribution in [0, 0.1) is 0 Å². The summed E-state index contributed by atoms with van der Waals surface area (Å²) in [5.74, 6) is 0.630. The first-order valence-electron chi connectivity index (χ1n) is 11.7. The first-order chi connectivity index (χ1) is 16.6. The molecule has 2 N–H and O–H groups in total. The minimum absolute atomic E-state index is 0.147. The van der Waals surface area contributed by atoms with E-state index in [1.54, 1.807) is 18.2 Å². The van der Waals surface area contributed by atoms with Crippen molar-refractivity contribution in [2.24, 2.45) is 4.99 Å². The zero-order chi connectivity index (χ0) is 23.8. The highest BCUT2D eigenvalue weighted by molar-refractivity contribution is 6.30. The van der Waals surface area contributed by atoms with E-state index < -0.39 is 5.97 Å². The summed E-state index contributed by atoms with van der Waals surface area (Å²) in [4.78, 5) is 20.8. The van der Waals surface area contributed by atoms with Crippen molar-refractivity contribution in [2.75, 3.05) is 57.8 Å². The Morgan fingerprint density at radius 2 is 1.97 bits per heavy atom. The van der Waals surface area contributed by atoms with Crippen molar-refractivity contribution < 1.29 is 19.4 Å². The highest BCUT2D eigenvalue weighted by Gasteiger charge is 2.22. The normalized spacial score (nSPS) is 19.3. The van der Waals surface area contributed by atoms with Crippen LogP contribution in [0.25, 0.3) is 0 Å². The lowest BCUT2D eigenvalue weighted by atomic mass is 10.2. The molecule has 0 aromatic heterocycles. The van der Waals surface area contributed by atoms with Gasteiger partial charge in [-0.15, -0.1) is 0 Å². The number of benzene rings is 2. The van der Waals surface area contributed by atoms with Gasteiger partial charge in [0.2, 0.25) is 0 Å². The summed E-state index contributed by atoms with van der Waals surface area (Å²) in [6.07, 6.45) is 2.24. The maximum atomic E-state index is 11.4. The van der Waals surface area contributed by atoms with Gasteiger partial charge in [0.05, 0.1) is 18.2 Å². The summed E-state index contributed by atoms with van der Waals surface area (Å²) in [6, 6.07) is 14.2. The summed E-state index contributed by atoms with van der Waals surface area (Å²) in [6.45, 7) is 6.25. The number of carbonyl (C=O) groups is 1. The van der Waals surface area contributed by atoms with Gasteiger partial charge in [0, 0.05) is 50.0 Å². The number of hydrogen-bond acceptors (Lipinski definition) is 5. The molecule has 4 rings (SSSR count). The van der Waals surface area contributed by atoms with Crippen LogP contribution in [0.15, 0.2) is 53.5 Å². The summed E-state index contributed by atoms with van der Waals surface area (Å²) in [5, 5.41) is 13.4. The van der Waals surface area contributed by atoms with Crippen molar-refractivity contribution in [1.29, 1.82) is 0 Å². The van der Waals surface area contributed by atoms with E-state index in [1.165, 1.54) is 0 Å². The van der Waals surface area contributed by atoms with Gasteiger partial charge in [-0.2, -0.15) is 0 Å². The molecular formula is C25H31ClN4O4. The van der Waals surface area contributed by atoms with Crippen molar-refractivity contribution in [2.45, 2.75) is 18.9 Å². The lowest BCUT2D eigenvalue weighted by Crippen LogP contribution is -2.51. The molecule has 2 saturated heterocycles. The quantitative estimate of drug-likeness (QED) is 0.434. The average molecular weight is 487 g/mol. The van der Waals surface area contributed by atoms with Gasteiger partial charge in [0.25, 0.3) is 0 Å². The second kappa shape index (κ2) is 12.1. The molecule has 0 spiro atoms. The van der Waals surface area contributed by atoms with Crippen LogP contribution in [-0.2, 0) is 4.74 Å². The summed E-state index contributed by atoms with van der Waals surface area (Å²) >= 11 is 5.92. The Labute approximate surface area is 205 Å². The fraction of sp³-hybridized carbons (Fsp3) is 0.440. The first kappa shape index (κ1) is 24.3. The highest BCUT2D eigenvalue weighted by atomic mass is 35.5. The number of rotatable bonds is 8. The predicted molar refractivity (Wildman–Crippen MR) is 133 cm³/mol. The molecule has 9 heteroatoms. The number of halogens is 1. The molecule has 2 heterocycles. The number of carboxylic acid groups (broad SMARTS) is 1. The van der Waals surface area contributed by atoms with Crippen LogP contribution in [-0.4, -0.2) is 85.4 Å². The van der Waals surface area contributed by atoms with Crippen molar-refractivity contribution in [1.82, 2.24) is 9.80 Å². The Balaban J connectivity index is 1.33. The predicted octanol–water partition coefficient (Wildman–Crippen LogP) is 3.68. The number of nitrogens with zero attached hydrogens (tertiary/aromatic N) is 3. The second-order valence-corrected chi connectivity index (χ2v) is 8.88. The lowest BCUT2D eigenvalue weighted by molar-refractivity contribution is 0.0697. The van der Waals surface area contributed by atoms with Gasteiger partial charge in [-0.25, -0.2) is 4.79 Å². The van der Waals surface area contributed by atoms with Gasteiger partial charge in [0.15, 0.2) is 5.96 Å². The molecule has 0 radical (unpaired) electrons. The Kier molecular flexibility index (Phi) is 8.62. The number of aromatic carboxylic acids is 1. The van der Waals surface area contributed by atoms with Gasteiger partial charge in [-0.3, -0.25) is 9.89 Å². The molecule has 0 saturated carbocycles. The molecular weight excluding hydrogens is 456 g/mol. The molecule has 182 valence electrons. The lowest BCUT2D eigenvalue weighted by Gasteiger charge is -2.36. The number of ether oxygens (including phenoxy) is 2. The smallest absolute Gasteiger partial charge is 0.335 e. The van der Waals surface area contributed by atoms with E-state index >= 15 is 0 Å². The molecule has 2 aromatic rings. The number of piperazine rings is 1. The molecule has 2 fully saturated rings. The molecule has 34 heavy (non-hydrogen) atoms. The van der Waals surface area contributed by atoms with Crippen LogP contribution in [0.5, 0.6) is 5.75 Å². The maximum absolute atomic E-state index is 11.4. The third-order valence-corrected chi connectivity index (χ3v) is 6.25. The third-order valence-electron chi connectivity index (χ3n) is 6.00. The maximum Gasteiger partial charge on any atom is 0.335 e. The molecule has 0 aliphatic carbocycles. The number of anilines is 1. The third kappa shape index (κ3) is 7.09. The summed E-state index contributed by atoms with van der Waals surface area (Å²) in [7, 11) is 0. The minimum Gasteiger partial charge on any atom is -0.492 e. The van der Waals surface area contributed by atoms with Crippen LogP contribution >= 0.6 is 11.6 Å². The molecule has 1 unspecified atom stereocenters. The topological polar surface area (TPSA) is 86.6 Å². The van der Waals surface area contributed by atoms with Crippen LogP contribution in [0.1, 0.15) is 23.2 Å². The minimum atomic E-state index is -0.948. The molecule has 0 bridgehead atoms. The van der Waals surface area contributed by atoms with Crippen molar-refractivity contribution >= 4 is 29.2 Å². The van der Waals surface area contributed by atoms with E-state index in [-0.39, 0.29) is 11.7 Å². The fourth-order valence-electron chi connectivity index (χ4n) is 4.06. The standard InChI is InChI=1S/C25H31ClN4O4/c26-20-6-8-22(9-7-20)34-16-14-29-10-12-30(13-11-29)25(27-18-23-5-2-15-33-23)28-21-4-1-3-19(17-21)24(31)32/h1,3-4,6-9,17,23H,2,5,10-16,18H2,(H,27,28)(H,31,32). The zero-order valence-corrected chi connectivity index (χ0v) is 19.9. The first-order valence-corrected chi connectivity index (χ1v) is 12.1. The number of carboxylic acids is 1. The zero-order valence-electron chi connectivity index (χ0n) is 19.2. The Hall–Kier alpha value is -2.81. The molecule has 2 aliphatic rings. The SMILES string of the molecule is O=C(O)c1cccc(NC(=NCC2CCCO2)N2CCN(CCOc3ccc(Cl)cc3)CC2)c1. The Bertz CT molecular complexity index is 971. The van der Waals surface area contributed by atoms with Crippen molar-refractivity contribution in [3.8, 4) is 5.75 Å². The number of aliphatic imine (C=N–C) groups is 1. The molecule has 2 aliphatic heterocycles. The van der Waals surface area contributed by atoms with E-state index in [1.807, 2.05) is 30.3 Å². The molecule has 0 amide bonds. The Morgan fingerprint density at radius 3 is 2.68 bits per heavy atom. The monoisotopic (exact) mass is 486 g/mol. The largest absolute Gasteiger partial charge is 0.492 e. The second-order valence-electron chi connectivity index (χ2n) is 8.44. The van der Waals surface area contributed by atoms with Gasteiger partial charge in [-0.05, 0) is 55.3 Å². The van der Waals surface area contributed by atoms with E-state index in [0.717, 1.165) is 63.9 Å². The van der Waals surface area contributed by atoms with Gasteiger partial charge < -0.3 is 24.8 Å². The van der Waals surface area contributed by atoms with E-state index in [4.69, 9.17) is 26.1 Å². The number of nitrogens with one attached hydrogen (secondary N) is 1.